The highest BCUT2D eigenvalue weighted by atomic mass is 16.5. The van der Waals surface area contributed by atoms with Gasteiger partial charge in [0.2, 0.25) is 0 Å². The van der Waals surface area contributed by atoms with Crippen LogP contribution in [0.4, 0.5) is 0 Å². The number of fused-ring (bicyclic) bond motifs is 1. The summed E-state index contributed by atoms with van der Waals surface area (Å²) in [6.45, 7) is 2.93. The van der Waals surface area contributed by atoms with Gasteiger partial charge in [-0.25, -0.2) is 0 Å². The fraction of sp³-hybridized carbons (Fsp3) is 0.467. The second kappa shape index (κ2) is 4.19. The Hall–Kier alpha value is -1.28. The van der Waals surface area contributed by atoms with Crippen LogP contribution in [0.25, 0.3) is 0 Å². The van der Waals surface area contributed by atoms with Gasteiger partial charge in [0, 0.05) is 5.56 Å². The smallest absolute Gasteiger partial charge is 0.119 e. The van der Waals surface area contributed by atoms with Crippen LogP contribution in [-0.2, 0) is 17.6 Å². The lowest BCUT2D eigenvalue weighted by Crippen LogP contribution is -2.25. The Morgan fingerprint density at radius 1 is 1.29 bits per heavy atom. The van der Waals surface area contributed by atoms with Crippen LogP contribution in [-0.4, -0.2) is 17.8 Å². The highest BCUT2D eigenvalue weighted by Gasteiger charge is 2.26. The third-order valence-corrected chi connectivity index (χ3v) is 3.96. The normalized spacial score (nSPS) is 23.2. The second-order valence-electron chi connectivity index (χ2n) is 5.02. The average Bonchev–Trinajstić information content (AvgIpc) is 2.36. The molecule has 0 saturated heterocycles. The minimum Gasteiger partial charge on any atom is -0.508 e. The summed E-state index contributed by atoms with van der Waals surface area (Å²) in [5.41, 5.74) is 5.33. The van der Waals surface area contributed by atoms with Crippen molar-refractivity contribution in [2.24, 2.45) is 0 Å². The van der Waals surface area contributed by atoms with Gasteiger partial charge in [0.1, 0.15) is 5.75 Å². The number of rotatable bonds is 1. The van der Waals surface area contributed by atoms with E-state index in [1.54, 1.807) is 11.6 Å². The summed E-state index contributed by atoms with van der Waals surface area (Å²) in [7, 11) is 0. The Morgan fingerprint density at radius 3 is 3.00 bits per heavy atom. The lowest BCUT2D eigenvalue weighted by molar-refractivity contribution is 0.0533. The number of phenolic OH excluding ortho intramolecular Hbond substituents is 1. The molecule has 0 saturated carbocycles. The average molecular weight is 230 g/mol. The molecule has 2 heteroatoms. The first-order chi connectivity index (χ1) is 8.28. The topological polar surface area (TPSA) is 29.5 Å². The zero-order valence-electron chi connectivity index (χ0n) is 10.2. The van der Waals surface area contributed by atoms with Crippen LogP contribution >= 0.6 is 0 Å². The molecule has 1 aromatic carbocycles. The minimum atomic E-state index is 0.396. The summed E-state index contributed by atoms with van der Waals surface area (Å²) in [6.07, 6.45) is 4.42. The van der Waals surface area contributed by atoms with Crippen molar-refractivity contribution >= 4 is 0 Å². The van der Waals surface area contributed by atoms with Crippen molar-refractivity contribution < 1.29 is 9.84 Å². The number of benzene rings is 1. The molecular weight excluding hydrogens is 212 g/mol. The third-order valence-electron chi connectivity index (χ3n) is 3.96. The van der Waals surface area contributed by atoms with E-state index in [0.717, 1.165) is 37.9 Å². The Balaban J connectivity index is 1.92. The minimum absolute atomic E-state index is 0.396. The monoisotopic (exact) mass is 230 g/mol. The van der Waals surface area contributed by atoms with E-state index in [-0.39, 0.29) is 0 Å². The van der Waals surface area contributed by atoms with E-state index in [9.17, 15) is 5.11 Å². The molecule has 90 valence electrons. The van der Waals surface area contributed by atoms with Gasteiger partial charge in [0.05, 0.1) is 12.7 Å². The Labute approximate surface area is 102 Å². The predicted octanol–water partition coefficient (Wildman–Crippen LogP) is 2.99. The van der Waals surface area contributed by atoms with Gasteiger partial charge >= 0.3 is 0 Å². The summed E-state index contributed by atoms with van der Waals surface area (Å²) in [4.78, 5) is 0. The van der Waals surface area contributed by atoms with Gasteiger partial charge in [-0.05, 0) is 42.9 Å². The molecule has 1 N–H and O–H groups in total. The fourth-order valence-corrected chi connectivity index (χ4v) is 2.87. The maximum atomic E-state index is 9.88. The molecule has 3 rings (SSSR count). The molecule has 0 bridgehead atoms. The zero-order valence-corrected chi connectivity index (χ0v) is 10.2. The SMILES string of the molecule is CCC1CC2=C(CO1)Cc1c(O)cccc1C2. The summed E-state index contributed by atoms with van der Waals surface area (Å²) in [6, 6.07) is 5.86. The molecule has 0 spiro atoms. The summed E-state index contributed by atoms with van der Waals surface area (Å²) in [5, 5.41) is 9.88. The summed E-state index contributed by atoms with van der Waals surface area (Å²) in [5.74, 6) is 0.437. The van der Waals surface area contributed by atoms with Gasteiger partial charge in [-0.3, -0.25) is 0 Å². The summed E-state index contributed by atoms with van der Waals surface area (Å²) < 4.78 is 5.81. The predicted molar refractivity (Wildman–Crippen MR) is 67.2 cm³/mol. The lowest BCUT2D eigenvalue weighted by atomic mass is 9.82. The van der Waals surface area contributed by atoms with Crippen LogP contribution in [0.3, 0.4) is 0 Å². The molecular formula is C15H18O2. The van der Waals surface area contributed by atoms with Gasteiger partial charge in [0.15, 0.2) is 0 Å². The van der Waals surface area contributed by atoms with E-state index in [0.29, 0.717) is 11.9 Å². The van der Waals surface area contributed by atoms with Crippen molar-refractivity contribution in [1.29, 1.82) is 0 Å². The molecule has 0 aromatic heterocycles. The lowest BCUT2D eigenvalue weighted by Gasteiger charge is -2.31. The van der Waals surface area contributed by atoms with E-state index < -0.39 is 0 Å². The highest BCUT2D eigenvalue weighted by Crippen LogP contribution is 2.36. The maximum absolute atomic E-state index is 9.88. The molecule has 0 fully saturated rings. The van der Waals surface area contributed by atoms with Gasteiger partial charge in [-0.2, -0.15) is 0 Å². The summed E-state index contributed by atoms with van der Waals surface area (Å²) >= 11 is 0. The first-order valence-electron chi connectivity index (χ1n) is 6.39. The van der Waals surface area contributed by atoms with Gasteiger partial charge in [0.25, 0.3) is 0 Å². The fourth-order valence-electron chi connectivity index (χ4n) is 2.87. The standard InChI is InChI=1S/C15H18O2/c1-2-13-7-11-6-10-4-3-5-15(16)14(10)8-12(11)9-17-13/h3-5,13,16H,2,6-9H2,1H3. The van der Waals surface area contributed by atoms with Crippen molar-refractivity contribution in [3.63, 3.8) is 0 Å². The Kier molecular flexibility index (Phi) is 2.67. The first-order valence-corrected chi connectivity index (χ1v) is 6.39. The number of hydrogen-bond donors (Lipinski definition) is 1. The van der Waals surface area contributed by atoms with E-state index >= 15 is 0 Å². The quantitative estimate of drug-likeness (QED) is 0.751. The van der Waals surface area contributed by atoms with Crippen LogP contribution < -0.4 is 0 Å². The third kappa shape index (κ3) is 1.87. The molecule has 0 radical (unpaired) electrons. The van der Waals surface area contributed by atoms with Gasteiger partial charge < -0.3 is 9.84 Å². The van der Waals surface area contributed by atoms with Crippen LogP contribution in [0, 0.1) is 0 Å². The van der Waals surface area contributed by atoms with Gasteiger partial charge in [-0.1, -0.05) is 24.6 Å². The van der Waals surface area contributed by atoms with Crippen molar-refractivity contribution in [2.75, 3.05) is 6.61 Å². The van der Waals surface area contributed by atoms with Crippen LogP contribution in [0.1, 0.15) is 30.9 Å². The van der Waals surface area contributed by atoms with E-state index in [1.165, 1.54) is 11.1 Å². The van der Waals surface area contributed by atoms with E-state index in [1.807, 2.05) is 6.07 Å². The number of phenols is 1. The Bertz CT molecular complexity index is 474. The molecule has 1 aliphatic heterocycles. The van der Waals surface area contributed by atoms with Crippen molar-refractivity contribution in [2.45, 2.75) is 38.7 Å². The molecule has 0 amide bonds. The van der Waals surface area contributed by atoms with Crippen molar-refractivity contribution in [3.05, 3.63) is 40.5 Å². The number of ether oxygens (including phenoxy) is 1. The maximum Gasteiger partial charge on any atom is 0.119 e. The molecule has 1 aromatic rings. The number of aromatic hydroxyl groups is 1. The molecule has 1 unspecified atom stereocenters. The highest BCUT2D eigenvalue weighted by molar-refractivity contribution is 5.48. The van der Waals surface area contributed by atoms with E-state index in [4.69, 9.17) is 4.74 Å². The van der Waals surface area contributed by atoms with Crippen molar-refractivity contribution in [3.8, 4) is 5.75 Å². The second-order valence-corrected chi connectivity index (χ2v) is 5.02. The van der Waals surface area contributed by atoms with Crippen molar-refractivity contribution in [1.82, 2.24) is 0 Å². The number of hydrogen-bond acceptors (Lipinski definition) is 2. The Morgan fingerprint density at radius 2 is 2.18 bits per heavy atom. The molecule has 1 atom stereocenters. The van der Waals surface area contributed by atoms with Gasteiger partial charge in [-0.15, -0.1) is 0 Å². The van der Waals surface area contributed by atoms with Crippen LogP contribution in [0.15, 0.2) is 29.3 Å². The van der Waals surface area contributed by atoms with Crippen LogP contribution in [0.5, 0.6) is 5.75 Å². The van der Waals surface area contributed by atoms with E-state index in [2.05, 4.69) is 13.0 Å². The largest absolute Gasteiger partial charge is 0.508 e. The molecule has 1 aliphatic carbocycles. The molecule has 17 heavy (non-hydrogen) atoms. The molecule has 2 nitrogen and oxygen atoms in total. The first kappa shape index (κ1) is 10.8. The zero-order chi connectivity index (χ0) is 11.8. The molecule has 1 heterocycles. The molecule has 2 aliphatic rings. The van der Waals surface area contributed by atoms with Crippen LogP contribution in [0.2, 0.25) is 0 Å².